The van der Waals surface area contributed by atoms with E-state index < -0.39 is 0 Å². The molecule has 0 aliphatic heterocycles. The molecule has 0 radical (unpaired) electrons. The summed E-state index contributed by atoms with van der Waals surface area (Å²) in [4.78, 5) is 0. The van der Waals surface area contributed by atoms with Gasteiger partial charge in [0.1, 0.15) is 11.6 Å². The monoisotopic (exact) mass is 346 g/mol. The molecule has 25 heavy (non-hydrogen) atoms. The molecule has 1 aliphatic rings. The Kier molecular flexibility index (Phi) is 9.07. The predicted octanol–water partition coefficient (Wildman–Crippen LogP) is 7.10. The molecule has 1 nitrogen and oxygen atoms in total. The minimum absolute atomic E-state index is 0.121. The summed E-state index contributed by atoms with van der Waals surface area (Å²) in [7, 11) is 0. The first-order valence-corrected chi connectivity index (χ1v) is 10.2. The summed E-state index contributed by atoms with van der Waals surface area (Å²) in [6.45, 7) is 6.49. The maximum atomic E-state index is 14.2. The minimum Gasteiger partial charge on any atom is -0.493 e. The molecular weight excluding hydrogens is 311 g/mol. The lowest BCUT2D eigenvalue weighted by Gasteiger charge is -2.28. The van der Waals surface area contributed by atoms with Gasteiger partial charge < -0.3 is 4.74 Å². The largest absolute Gasteiger partial charge is 0.493 e. The highest BCUT2D eigenvalue weighted by atomic mass is 19.1. The van der Waals surface area contributed by atoms with Crippen LogP contribution in [0, 0.1) is 17.7 Å². The van der Waals surface area contributed by atoms with Gasteiger partial charge in [-0.05, 0) is 42.7 Å². The Bertz CT molecular complexity index is 503. The van der Waals surface area contributed by atoms with Crippen LogP contribution in [0.25, 0.3) is 0 Å². The molecule has 0 N–H and O–H groups in total. The van der Waals surface area contributed by atoms with E-state index in [0.717, 1.165) is 36.7 Å². The maximum Gasteiger partial charge on any atom is 0.130 e. The van der Waals surface area contributed by atoms with Crippen molar-refractivity contribution in [3.8, 4) is 5.75 Å². The molecule has 1 aromatic carbocycles. The van der Waals surface area contributed by atoms with E-state index in [0.29, 0.717) is 12.4 Å². The van der Waals surface area contributed by atoms with Crippen molar-refractivity contribution in [1.82, 2.24) is 0 Å². The number of aryl methyl sites for hydroxylation is 1. The highest BCUT2D eigenvalue weighted by molar-refractivity contribution is 5.29. The van der Waals surface area contributed by atoms with Gasteiger partial charge in [0, 0.05) is 6.07 Å². The highest BCUT2D eigenvalue weighted by Crippen LogP contribution is 2.34. The van der Waals surface area contributed by atoms with Crippen LogP contribution in [-0.4, -0.2) is 6.61 Å². The van der Waals surface area contributed by atoms with E-state index in [1.807, 2.05) is 18.2 Å². The highest BCUT2D eigenvalue weighted by Gasteiger charge is 2.21. The quantitative estimate of drug-likeness (QED) is 0.307. The minimum atomic E-state index is -0.121. The summed E-state index contributed by atoms with van der Waals surface area (Å²) in [5.41, 5.74) is 0.834. The Labute approximate surface area is 153 Å². The summed E-state index contributed by atoms with van der Waals surface area (Å²) in [6.07, 6.45) is 15.5. The molecule has 1 saturated carbocycles. The standard InChI is InChI=1S/C23H35FO/c1-3-5-7-8-19-9-11-20(12-10-19)13-14-21-15-16-22(18-23(21)24)25-17-6-4-2/h4,15-16,18-20H,2-3,5-14,17H2,1H3. The molecule has 1 fully saturated rings. The van der Waals surface area contributed by atoms with Gasteiger partial charge in [0.15, 0.2) is 0 Å². The summed E-state index contributed by atoms with van der Waals surface area (Å²) in [6, 6.07) is 5.32. The van der Waals surface area contributed by atoms with Crippen molar-refractivity contribution in [1.29, 1.82) is 0 Å². The molecule has 0 heterocycles. The Morgan fingerprint density at radius 3 is 2.48 bits per heavy atom. The van der Waals surface area contributed by atoms with Crippen molar-refractivity contribution in [2.24, 2.45) is 11.8 Å². The molecule has 0 amide bonds. The third kappa shape index (κ3) is 7.22. The molecule has 140 valence electrons. The van der Waals surface area contributed by atoms with Crippen LogP contribution >= 0.6 is 0 Å². The molecule has 2 heteroatoms. The van der Waals surface area contributed by atoms with Gasteiger partial charge in [-0.2, -0.15) is 0 Å². The molecule has 0 atom stereocenters. The first kappa shape index (κ1) is 20.0. The maximum absolute atomic E-state index is 14.2. The van der Waals surface area contributed by atoms with E-state index in [-0.39, 0.29) is 5.82 Å². The molecule has 1 aromatic rings. The first-order chi connectivity index (χ1) is 12.2. The summed E-state index contributed by atoms with van der Waals surface area (Å²) < 4.78 is 19.8. The van der Waals surface area contributed by atoms with E-state index in [1.165, 1.54) is 57.4 Å². The van der Waals surface area contributed by atoms with Crippen molar-refractivity contribution in [3.05, 3.63) is 42.2 Å². The molecule has 2 rings (SSSR count). The van der Waals surface area contributed by atoms with Crippen LogP contribution < -0.4 is 4.74 Å². The zero-order valence-corrected chi connectivity index (χ0v) is 15.9. The molecule has 0 unspecified atom stereocenters. The van der Waals surface area contributed by atoms with Crippen LogP contribution in [-0.2, 0) is 6.42 Å². The fourth-order valence-corrected chi connectivity index (χ4v) is 3.93. The number of ether oxygens (including phenoxy) is 1. The summed E-state index contributed by atoms with van der Waals surface area (Å²) >= 11 is 0. The number of unbranched alkanes of at least 4 members (excludes halogenated alkanes) is 2. The Balaban J connectivity index is 1.70. The van der Waals surface area contributed by atoms with Gasteiger partial charge in [0.2, 0.25) is 0 Å². The van der Waals surface area contributed by atoms with Gasteiger partial charge in [-0.3, -0.25) is 0 Å². The number of benzene rings is 1. The van der Waals surface area contributed by atoms with Crippen LogP contribution in [0.5, 0.6) is 5.75 Å². The SMILES string of the molecule is C=CCCOc1ccc(CCC2CCC(CCCCC)CC2)c(F)c1. The zero-order valence-electron chi connectivity index (χ0n) is 15.9. The fourth-order valence-electron chi connectivity index (χ4n) is 3.93. The summed E-state index contributed by atoms with van der Waals surface area (Å²) in [5.74, 6) is 2.23. The summed E-state index contributed by atoms with van der Waals surface area (Å²) in [5, 5.41) is 0. The van der Waals surface area contributed by atoms with Gasteiger partial charge in [0.25, 0.3) is 0 Å². The van der Waals surface area contributed by atoms with Crippen LogP contribution in [0.3, 0.4) is 0 Å². The number of halogens is 1. The normalized spacial score (nSPS) is 20.4. The third-order valence-corrected chi connectivity index (χ3v) is 5.62. The van der Waals surface area contributed by atoms with Crippen molar-refractivity contribution < 1.29 is 9.13 Å². The van der Waals surface area contributed by atoms with Gasteiger partial charge >= 0.3 is 0 Å². The van der Waals surface area contributed by atoms with Gasteiger partial charge in [0.05, 0.1) is 6.61 Å². The predicted molar refractivity (Wildman–Crippen MR) is 105 cm³/mol. The third-order valence-electron chi connectivity index (χ3n) is 5.62. The molecule has 0 spiro atoms. The molecule has 0 saturated heterocycles. The Morgan fingerprint density at radius 1 is 1.12 bits per heavy atom. The van der Waals surface area contributed by atoms with E-state index in [2.05, 4.69) is 13.5 Å². The van der Waals surface area contributed by atoms with E-state index in [9.17, 15) is 4.39 Å². The first-order valence-electron chi connectivity index (χ1n) is 10.2. The van der Waals surface area contributed by atoms with Gasteiger partial charge in [-0.25, -0.2) is 4.39 Å². The second-order valence-corrected chi connectivity index (χ2v) is 7.60. The number of hydrogen-bond acceptors (Lipinski definition) is 1. The topological polar surface area (TPSA) is 9.23 Å². The molecule has 0 bridgehead atoms. The second kappa shape index (κ2) is 11.3. The molecular formula is C23H35FO. The van der Waals surface area contributed by atoms with Crippen LogP contribution in [0.1, 0.15) is 76.7 Å². The second-order valence-electron chi connectivity index (χ2n) is 7.60. The van der Waals surface area contributed by atoms with Crippen molar-refractivity contribution in [2.75, 3.05) is 6.61 Å². The Hall–Kier alpha value is -1.31. The lowest BCUT2D eigenvalue weighted by atomic mass is 9.78. The van der Waals surface area contributed by atoms with Crippen molar-refractivity contribution >= 4 is 0 Å². The number of hydrogen-bond donors (Lipinski definition) is 0. The lowest BCUT2D eigenvalue weighted by molar-refractivity contribution is 0.248. The average Bonchev–Trinajstić information content (AvgIpc) is 2.62. The molecule has 1 aliphatic carbocycles. The van der Waals surface area contributed by atoms with Crippen LogP contribution in [0.2, 0.25) is 0 Å². The van der Waals surface area contributed by atoms with E-state index in [1.54, 1.807) is 0 Å². The van der Waals surface area contributed by atoms with Crippen molar-refractivity contribution in [2.45, 2.75) is 77.6 Å². The van der Waals surface area contributed by atoms with Crippen LogP contribution in [0.15, 0.2) is 30.9 Å². The van der Waals surface area contributed by atoms with Crippen molar-refractivity contribution in [3.63, 3.8) is 0 Å². The zero-order chi connectivity index (χ0) is 17.9. The average molecular weight is 347 g/mol. The smallest absolute Gasteiger partial charge is 0.130 e. The molecule has 0 aromatic heterocycles. The fraction of sp³-hybridized carbons (Fsp3) is 0.652. The van der Waals surface area contributed by atoms with Gasteiger partial charge in [-0.1, -0.05) is 70.4 Å². The lowest BCUT2D eigenvalue weighted by Crippen LogP contribution is -2.15. The van der Waals surface area contributed by atoms with Crippen LogP contribution in [0.4, 0.5) is 4.39 Å². The Morgan fingerprint density at radius 2 is 1.84 bits per heavy atom. The van der Waals surface area contributed by atoms with E-state index >= 15 is 0 Å². The van der Waals surface area contributed by atoms with E-state index in [4.69, 9.17) is 4.74 Å². The van der Waals surface area contributed by atoms with Gasteiger partial charge in [-0.15, -0.1) is 6.58 Å². The number of rotatable bonds is 11.